The Bertz CT molecular complexity index is 944. The second-order valence-corrected chi connectivity index (χ2v) is 6.52. The Labute approximate surface area is 158 Å². The smallest absolute Gasteiger partial charge is 0.276 e. The molecule has 0 aliphatic rings. The summed E-state index contributed by atoms with van der Waals surface area (Å²) in [6.45, 7) is 4.22. The fourth-order valence-electron chi connectivity index (χ4n) is 3.24. The standard InChI is InChI=1S/C21H23FN4O/c1-3-5-7-14(4-2)19-20(25-11-10-24-19)21(27)26-17-13-16(22)12-15-8-6-9-23-18(15)17/h6,8-14H,3-5,7H2,1-2H3,(H,26,27). The molecule has 0 fully saturated rings. The van der Waals surface area contributed by atoms with Crippen molar-refractivity contribution >= 4 is 22.5 Å². The van der Waals surface area contributed by atoms with Crippen molar-refractivity contribution in [1.29, 1.82) is 0 Å². The molecule has 0 aliphatic heterocycles. The van der Waals surface area contributed by atoms with Gasteiger partial charge >= 0.3 is 0 Å². The van der Waals surface area contributed by atoms with Crippen molar-refractivity contribution in [2.24, 2.45) is 0 Å². The fraction of sp³-hybridized carbons (Fsp3) is 0.333. The molecule has 2 heterocycles. The molecule has 140 valence electrons. The number of amides is 1. The zero-order valence-corrected chi connectivity index (χ0v) is 15.6. The number of carbonyl (C=O) groups excluding carboxylic acids is 1. The highest BCUT2D eigenvalue weighted by Gasteiger charge is 2.21. The summed E-state index contributed by atoms with van der Waals surface area (Å²) in [5.74, 6) is -0.660. The molecule has 1 aromatic carbocycles. The van der Waals surface area contributed by atoms with E-state index in [0.29, 0.717) is 22.3 Å². The third-order valence-electron chi connectivity index (χ3n) is 4.65. The molecule has 1 unspecified atom stereocenters. The first-order valence-electron chi connectivity index (χ1n) is 9.30. The van der Waals surface area contributed by atoms with Gasteiger partial charge in [0, 0.05) is 29.9 Å². The molecule has 0 aliphatic carbocycles. The highest BCUT2D eigenvalue weighted by atomic mass is 19.1. The largest absolute Gasteiger partial charge is 0.319 e. The van der Waals surface area contributed by atoms with Crippen LogP contribution in [0.3, 0.4) is 0 Å². The molecule has 0 saturated carbocycles. The minimum Gasteiger partial charge on any atom is -0.319 e. The van der Waals surface area contributed by atoms with Crippen LogP contribution in [0.4, 0.5) is 10.1 Å². The van der Waals surface area contributed by atoms with Gasteiger partial charge in [0.25, 0.3) is 5.91 Å². The van der Waals surface area contributed by atoms with E-state index >= 15 is 0 Å². The summed E-state index contributed by atoms with van der Waals surface area (Å²) in [5.41, 5.74) is 1.85. The molecule has 2 aromatic heterocycles. The lowest BCUT2D eigenvalue weighted by molar-refractivity contribution is 0.102. The maximum Gasteiger partial charge on any atom is 0.276 e. The van der Waals surface area contributed by atoms with Crippen molar-refractivity contribution in [2.75, 3.05) is 5.32 Å². The number of pyridine rings is 1. The Morgan fingerprint density at radius 3 is 2.74 bits per heavy atom. The minimum absolute atomic E-state index is 0.168. The van der Waals surface area contributed by atoms with Crippen molar-refractivity contribution in [3.8, 4) is 0 Å². The SMILES string of the molecule is CCCCC(CC)c1nccnc1C(=O)Nc1cc(F)cc2cccnc12. The molecular formula is C21H23FN4O. The van der Waals surface area contributed by atoms with E-state index in [1.807, 2.05) is 0 Å². The summed E-state index contributed by atoms with van der Waals surface area (Å²) < 4.78 is 13.9. The van der Waals surface area contributed by atoms with Crippen LogP contribution in [0.1, 0.15) is 61.6 Å². The van der Waals surface area contributed by atoms with Crippen molar-refractivity contribution in [2.45, 2.75) is 45.4 Å². The van der Waals surface area contributed by atoms with E-state index in [0.717, 1.165) is 25.7 Å². The van der Waals surface area contributed by atoms with Crippen LogP contribution in [0.5, 0.6) is 0 Å². The first-order chi connectivity index (χ1) is 13.1. The highest BCUT2D eigenvalue weighted by molar-refractivity contribution is 6.07. The molecule has 1 amide bonds. The molecule has 3 aromatic rings. The van der Waals surface area contributed by atoms with Crippen LogP contribution in [0.25, 0.3) is 10.9 Å². The van der Waals surface area contributed by atoms with Gasteiger partial charge in [0.05, 0.1) is 16.9 Å². The van der Waals surface area contributed by atoms with Gasteiger partial charge in [-0.2, -0.15) is 0 Å². The predicted molar refractivity (Wildman–Crippen MR) is 104 cm³/mol. The van der Waals surface area contributed by atoms with Gasteiger partial charge < -0.3 is 5.32 Å². The Hall–Kier alpha value is -2.89. The number of halogens is 1. The molecule has 1 atom stereocenters. The number of aromatic nitrogens is 3. The lowest BCUT2D eigenvalue weighted by Gasteiger charge is -2.17. The van der Waals surface area contributed by atoms with E-state index in [1.165, 1.54) is 18.3 Å². The van der Waals surface area contributed by atoms with E-state index in [9.17, 15) is 9.18 Å². The van der Waals surface area contributed by atoms with Crippen LogP contribution in [0, 0.1) is 5.82 Å². The number of carbonyl (C=O) groups is 1. The van der Waals surface area contributed by atoms with Crippen molar-refractivity contribution in [1.82, 2.24) is 15.0 Å². The first kappa shape index (κ1) is 18.9. The van der Waals surface area contributed by atoms with Gasteiger partial charge in [-0.05, 0) is 31.0 Å². The fourth-order valence-corrected chi connectivity index (χ4v) is 3.24. The normalized spacial score (nSPS) is 12.1. The Kier molecular flexibility index (Phi) is 6.06. The van der Waals surface area contributed by atoms with Crippen LogP contribution < -0.4 is 5.32 Å². The maximum atomic E-state index is 13.9. The van der Waals surface area contributed by atoms with Crippen molar-refractivity contribution in [3.63, 3.8) is 0 Å². The van der Waals surface area contributed by atoms with Crippen LogP contribution in [-0.4, -0.2) is 20.9 Å². The number of rotatable bonds is 7. The molecule has 5 nitrogen and oxygen atoms in total. The zero-order valence-electron chi connectivity index (χ0n) is 15.6. The summed E-state index contributed by atoms with van der Waals surface area (Å²) in [4.78, 5) is 25.9. The monoisotopic (exact) mass is 366 g/mol. The van der Waals surface area contributed by atoms with Gasteiger partial charge in [-0.25, -0.2) is 9.37 Å². The molecule has 27 heavy (non-hydrogen) atoms. The van der Waals surface area contributed by atoms with Crippen LogP contribution in [0.15, 0.2) is 42.9 Å². The number of nitrogens with zero attached hydrogens (tertiary/aromatic N) is 3. The molecule has 0 radical (unpaired) electrons. The summed E-state index contributed by atoms with van der Waals surface area (Å²) in [6, 6.07) is 6.15. The van der Waals surface area contributed by atoms with Gasteiger partial charge in [0.15, 0.2) is 0 Å². The Morgan fingerprint density at radius 2 is 1.96 bits per heavy atom. The number of benzene rings is 1. The average Bonchev–Trinajstić information content (AvgIpc) is 2.68. The highest BCUT2D eigenvalue weighted by Crippen LogP contribution is 2.27. The second kappa shape index (κ2) is 8.66. The lowest BCUT2D eigenvalue weighted by Crippen LogP contribution is -2.19. The lowest BCUT2D eigenvalue weighted by atomic mass is 9.94. The summed E-state index contributed by atoms with van der Waals surface area (Å²) in [7, 11) is 0. The topological polar surface area (TPSA) is 67.8 Å². The van der Waals surface area contributed by atoms with Gasteiger partial charge in [-0.1, -0.05) is 32.8 Å². The average molecular weight is 366 g/mol. The molecule has 0 bridgehead atoms. The number of unbranched alkanes of at least 4 members (excludes halogenated alkanes) is 1. The van der Waals surface area contributed by atoms with Crippen LogP contribution in [-0.2, 0) is 0 Å². The number of anilines is 1. The summed E-state index contributed by atoms with van der Waals surface area (Å²) in [6.07, 6.45) is 8.71. The third kappa shape index (κ3) is 4.27. The van der Waals surface area contributed by atoms with Gasteiger partial charge in [-0.15, -0.1) is 0 Å². The minimum atomic E-state index is -0.431. The quantitative estimate of drug-likeness (QED) is 0.632. The van der Waals surface area contributed by atoms with Gasteiger partial charge in [-0.3, -0.25) is 14.8 Å². The molecule has 1 N–H and O–H groups in total. The molecule has 6 heteroatoms. The van der Waals surface area contributed by atoms with Crippen molar-refractivity contribution < 1.29 is 9.18 Å². The van der Waals surface area contributed by atoms with Gasteiger partial charge in [0.2, 0.25) is 0 Å². The Morgan fingerprint density at radius 1 is 1.15 bits per heavy atom. The van der Waals surface area contributed by atoms with E-state index < -0.39 is 11.7 Å². The van der Waals surface area contributed by atoms with E-state index in [4.69, 9.17) is 0 Å². The molecular weight excluding hydrogens is 343 g/mol. The Balaban J connectivity index is 1.94. The van der Waals surface area contributed by atoms with E-state index in [-0.39, 0.29) is 11.6 Å². The zero-order chi connectivity index (χ0) is 19.2. The second-order valence-electron chi connectivity index (χ2n) is 6.52. The number of nitrogens with one attached hydrogen (secondary N) is 1. The summed E-state index contributed by atoms with van der Waals surface area (Å²) >= 11 is 0. The van der Waals surface area contributed by atoms with E-state index in [2.05, 4.69) is 34.1 Å². The van der Waals surface area contributed by atoms with Crippen LogP contribution in [0.2, 0.25) is 0 Å². The van der Waals surface area contributed by atoms with Crippen LogP contribution >= 0.6 is 0 Å². The molecule has 3 rings (SSSR count). The van der Waals surface area contributed by atoms with Crippen molar-refractivity contribution in [3.05, 3.63) is 60.1 Å². The molecule has 0 spiro atoms. The maximum absolute atomic E-state index is 13.9. The first-order valence-corrected chi connectivity index (χ1v) is 9.30. The number of fused-ring (bicyclic) bond motifs is 1. The summed E-state index contributed by atoms with van der Waals surface area (Å²) in [5, 5.41) is 3.40. The third-order valence-corrected chi connectivity index (χ3v) is 4.65. The number of hydrogen-bond donors (Lipinski definition) is 1. The van der Waals surface area contributed by atoms with Gasteiger partial charge in [0.1, 0.15) is 11.5 Å². The predicted octanol–water partition coefficient (Wildman–Crippen LogP) is 5.10. The molecule has 0 saturated heterocycles. The number of hydrogen-bond acceptors (Lipinski definition) is 4. The van der Waals surface area contributed by atoms with E-state index in [1.54, 1.807) is 24.5 Å².